The summed E-state index contributed by atoms with van der Waals surface area (Å²) in [5.74, 6) is 1.02. The summed E-state index contributed by atoms with van der Waals surface area (Å²) in [6.07, 6.45) is 3.86. The Balaban J connectivity index is 1.34. The number of allylic oxidation sites excluding steroid dienone is 1. The minimum Gasteiger partial charge on any atom is -0.496 e. The van der Waals surface area contributed by atoms with Gasteiger partial charge in [-0.15, -0.1) is 11.3 Å². The van der Waals surface area contributed by atoms with Crippen LogP contribution < -0.4 is 9.47 Å². The molecule has 0 spiro atoms. The van der Waals surface area contributed by atoms with Gasteiger partial charge in [0.15, 0.2) is 17.3 Å². The smallest absolute Gasteiger partial charge is 0.348 e. The lowest BCUT2D eigenvalue weighted by Gasteiger charge is -2.41. The second kappa shape index (κ2) is 8.98. The third kappa shape index (κ3) is 4.01. The second-order valence-corrected chi connectivity index (χ2v) is 9.40. The molecule has 168 valence electrons. The molecule has 3 heterocycles. The molecule has 7 heteroatoms. The highest BCUT2D eigenvalue weighted by Gasteiger charge is 2.45. The van der Waals surface area contributed by atoms with Crippen LogP contribution in [-0.2, 0) is 14.3 Å². The molecule has 0 radical (unpaired) electrons. The quantitative estimate of drug-likeness (QED) is 0.613. The maximum Gasteiger partial charge on any atom is 0.348 e. The van der Waals surface area contributed by atoms with E-state index in [2.05, 4.69) is 6.92 Å². The molecule has 0 N–H and O–H groups in total. The average Bonchev–Trinajstić information content (AvgIpc) is 3.25. The van der Waals surface area contributed by atoms with Gasteiger partial charge in [0.05, 0.1) is 31.0 Å². The van der Waals surface area contributed by atoms with Gasteiger partial charge in [0, 0.05) is 12.8 Å². The van der Waals surface area contributed by atoms with Crippen LogP contribution in [0.5, 0.6) is 11.5 Å². The van der Waals surface area contributed by atoms with Crippen LogP contribution in [0.25, 0.3) is 5.57 Å². The molecule has 0 bridgehead atoms. The lowest BCUT2D eigenvalue weighted by Crippen LogP contribution is -2.46. The molecular formula is C25H26O6S. The zero-order valence-corrected chi connectivity index (χ0v) is 18.8. The summed E-state index contributed by atoms with van der Waals surface area (Å²) in [5.41, 5.74) is 1.34. The van der Waals surface area contributed by atoms with Crippen molar-refractivity contribution >= 4 is 28.7 Å². The van der Waals surface area contributed by atoms with Crippen molar-refractivity contribution in [3.8, 4) is 11.5 Å². The summed E-state index contributed by atoms with van der Waals surface area (Å²) in [5, 5.41) is 1.86. The highest BCUT2D eigenvalue weighted by Crippen LogP contribution is 2.42. The topological polar surface area (TPSA) is 71.1 Å². The summed E-state index contributed by atoms with van der Waals surface area (Å²) in [6.45, 7) is 3.29. The van der Waals surface area contributed by atoms with Crippen LogP contribution in [0.1, 0.15) is 47.8 Å². The number of esters is 1. The van der Waals surface area contributed by atoms with Crippen LogP contribution in [0.2, 0.25) is 0 Å². The van der Waals surface area contributed by atoms with Gasteiger partial charge in [0.2, 0.25) is 0 Å². The molecule has 4 atom stereocenters. The highest BCUT2D eigenvalue weighted by atomic mass is 32.1. The first-order valence-electron chi connectivity index (χ1n) is 11.2. The Morgan fingerprint density at radius 3 is 2.78 bits per heavy atom. The fourth-order valence-electron chi connectivity index (χ4n) is 4.76. The van der Waals surface area contributed by atoms with Crippen molar-refractivity contribution in [2.75, 3.05) is 13.2 Å². The summed E-state index contributed by atoms with van der Waals surface area (Å²) < 4.78 is 23.4. The number of thiophene rings is 1. The number of hydrogen-bond donors (Lipinski definition) is 0. The third-order valence-corrected chi connectivity index (χ3v) is 7.37. The number of fused-ring (bicyclic) bond motifs is 2. The van der Waals surface area contributed by atoms with Crippen LogP contribution in [-0.4, -0.2) is 37.2 Å². The SMILES string of the molecule is CCC1CC2C(=O)C(c3ccc4c(c3)OCCCO4)=COC2CC1OC(=O)c1cccs1. The van der Waals surface area contributed by atoms with Crippen molar-refractivity contribution in [2.24, 2.45) is 11.8 Å². The maximum absolute atomic E-state index is 13.4. The van der Waals surface area contributed by atoms with E-state index in [9.17, 15) is 9.59 Å². The predicted molar refractivity (Wildman–Crippen MR) is 120 cm³/mol. The fraction of sp³-hybridized carbons (Fsp3) is 0.440. The van der Waals surface area contributed by atoms with Gasteiger partial charge in [-0.1, -0.05) is 19.1 Å². The lowest BCUT2D eigenvalue weighted by molar-refractivity contribution is -0.129. The van der Waals surface area contributed by atoms with Gasteiger partial charge in [-0.3, -0.25) is 4.79 Å². The number of benzene rings is 1. The van der Waals surface area contributed by atoms with Gasteiger partial charge in [-0.2, -0.15) is 0 Å². The number of hydrogen-bond acceptors (Lipinski definition) is 7. The number of ether oxygens (including phenoxy) is 4. The van der Waals surface area contributed by atoms with Gasteiger partial charge < -0.3 is 18.9 Å². The van der Waals surface area contributed by atoms with Crippen molar-refractivity contribution in [3.63, 3.8) is 0 Å². The van der Waals surface area contributed by atoms with Crippen molar-refractivity contribution < 1.29 is 28.5 Å². The summed E-state index contributed by atoms with van der Waals surface area (Å²) in [4.78, 5) is 26.5. The highest BCUT2D eigenvalue weighted by molar-refractivity contribution is 7.11. The van der Waals surface area contributed by atoms with Crippen LogP contribution in [0, 0.1) is 11.8 Å². The van der Waals surface area contributed by atoms with Gasteiger partial charge in [-0.25, -0.2) is 4.79 Å². The van der Waals surface area contributed by atoms with E-state index < -0.39 is 0 Å². The molecule has 4 unspecified atom stereocenters. The summed E-state index contributed by atoms with van der Waals surface area (Å²) in [7, 11) is 0. The Labute approximate surface area is 191 Å². The number of carbonyl (C=O) groups is 2. The monoisotopic (exact) mass is 454 g/mol. The van der Waals surface area contributed by atoms with Crippen molar-refractivity contribution in [2.45, 2.75) is 44.8 Å². The zero-order chi connectivity index (χ0) is 22.1. The van der Waals surface area contributed by atoms with Gasteiger partial charge in [-0.05, 0) is 47.9 Å². The number of carbonyl (C=O) groups excluding carboxylic acids is 2. The molecule has 2 aromatic rings. The average molecular weight is 455 g/mol. The van der Waals surface area contributed by atoms with E-state index in [-0.39, 0.29) is 35.8 Å². The van der Waals surface area contributed by atoms with E-state index in [0.29, 0.717) is 48.0 Å². The first-order chi connectivity index (χ1) is 15.6. The third-order valence-electron chi connectivity index (χ3n) is 6.52. The van der Waals surface area contributed by atoms with Gasteiger partial charge in [0.1, 0.15) is 17.1 Å². The number of ketones is 1. The molecule has 1 fully saturated rings. The van der Waals surface area contributed by atoms with Crippen LogP contribution in [0.3, 0.4) is 0 Å². The first kappa shape index (κ1) is 21.1. The molecule has 5 rings (SSSR count). The van der Waals surface area contributed by atoms with Crippen molar-refractivity contribution in [1.29, 1.82) is 0 Å². The van der Waals surface area contributed by atoms with Crippen LogP contribution in [0.4, 0.5) is 0 Å². The van der Waals surface area contributed by atoms with E-state index >= 15 is 0 Å². The van der Waals surface area contributed by atoms with E-state index in [1.54, 1.807) is 12.3 Å². The van der Waals surface area contributed by atoms with Crippen molar-refractivity contribution in [3.05, 3.63) is 52.4 Å². The van der Waals surface area contributed by atoms with E-state index in [4.69, 9.17) is 18.9 Å². The molecule has 1 aromatic carbocycles. The molecule has 0 saturated heterocycles. The Morgan fingerprint density at radius 1 is 1.16 bits per heavy atom. The Kier molecular flexibility index (Phi) is 5.91. The van der Waals surface area contributed by atoms with Gasteiger partial charge >= 0.3 is 5.97 Å². The maximum atomic E-state index is 13.4. The molecule has 1 aliphatic carbocycles. The molecule has 32 heavy (non-hydrogen) atoms. The predicted octanol–water partition coefficient (Wildman–Crippen LogP) is 4.88. The minimum atomic E-state index is -0.299. The molecule has 0 amide bonds. The molecule has 2 aliphatic heterocycles. The standard InChI is InChI=1S/C25H26O6S/c1-2-15-11-17-21(13-20(15)31-25(27)23-5-3-10-32-23)30-14-18(24(17)26)16-6-7-19-22(12-16)29-9-4-8-28-19/h3,5-7,10,12,14-15,17,20-21H,2,4,8-9,11,13H2,1H3. The fourth-order valence-corrected chi connectivity index (χ4v) is 5.37. The minimum absolute atomic E-state index is 0.0808. The summed E-state index contributed by atoms with van der Waals surface area (Å²) >= 11 is 1.37. The Bertz CT molecular complexity index is 1030. The normalized spacial score (nSPS) is 26.9. The first-order valence-corrected chi connectivity index (χ1v) is 12.1. The zero-order valence-electron chi connectivity index (χ0n) is 18.0. The van der Waals surface area contributed by atoms with Gasteiger partial charge in [0.25, 0.3) is 0 Å². The van der Waals surface area contributed by atoms with E-state index in [1.807, 2.05) is 29.6 Å². The second-order valence-electron chi connectivity index (χ2n) is 8.45. The van der Waals surface area contributed by atoms with Crippen molar-refractivity contribution in [1.82, 2.24) is 0 Å². The lowest BCUT2D eigenvalue weighted by atomic mass is 9.72. The molecule has 3 aliphatic rings. The molecule has 6 nitrogen and oxygen atoms in total. The van der Waals surface area contributed by atoms with Crippen LogP contribution >= 0.6 is 11.3 Å². The Morgan fingerprint density at radius 2 is 2.00 bits per heavy atom. The Hall–Kier alpha value is -2.80. The molecule has 1 aromatic heterocycles. The largest absolute Gasteiger partial charge is 0.496 e. The van der Waals surface area contributed by atoms with Crippen LogP contribution in [0.15, 0.2) is 42.0 Å². The molecule has 1 saturated carbocycles. The van der Waals surface area contributed by atoms with E-state index in [0.717, 1.165) is 18.4 Å². The van der Waals surface area contributed by atoms with E-state index in [1.165, 1.54) is 11.3 Å². The number of Topliss-reactive ketones (excluding diaryl/α,β-unsaturated/α-hetero) is 1. The number of rotatable bonds is 4. The molecular weight excluding hydrogens is 428 g/mol. The summed E-state index contributed by atoms with van der Waals surface area (Å²) in [6, 6.07) is 9.20.